The van der Waals surface area contributed by atoms with Gasteiger partial charge in [-0.2, -0.15) is 0 Å². The van der Waals surface area contributed by atoms with Crippen LogP contribution in [0.2, 0.25) is 0 Å². The normalized spacial score (nSPS) is 17.3. The summed E-state index contributed by atoms with van der Waals surface area (Å²) in [6.45, 7) is 3.72. The van der Waals surface area contributed by atoms with Crippen molar-refractivity contribution < 1.29 is 0 Å². The van der Waals surface area contributed by atoms with E-state index in [2.05, 4.69) is 0 Å². The largest absolute Gasteiger partial charge is 0.397 e. The summed E-state index contributed by atoms with van der Waals surface area (Å²) in [5.74, 6) is 0. The molecule has 1 aliphatic rings. The Hall–Kier alpha value is -1.45. The summed E-state index contributed by atoms with van der Waals surface area (Å²) >= 11 is 0. The molecule has 4 nitrogen and oxygen atoms in total. The zero-order chi connectivity index (χ0) is 12.6. The highest BCUT2D eigenvalue weighted by atomic mass is 16.1. The molecule has 0 aliphatic heterocycles. The number of anilines is 2. The molecule has 94 valence electrons. The lowest BCUT2D eigenvalue weighted by Crippen LogP contribution is -2.31. The average molecular weight is 235 g/mol. The predicted molar refractivity (Wildman–Crippen MR) is 71.1 cm³/mol. The molecule has 1 aliphatic carbocycles. The van der Waals surface area contributed by atoms with Crippen LogP contribution in [0, 0.1) is 13.8 Å². The fourth-order valence-corrected chi connectivity index (χ4v) is 2.77. The molecule has 0 saturated heterocycles. The number of aromatic nitrogens is 1. The summed E-state index contributed by atoms with van der Waals surface area (Å²) in [7, 11) is 0. The zero-order valence-electron chi connectivity index (χ0n) is 10.6. The van der Waals surface area contributed by atoms with Crippen molar-refractivity contribution in [3.05, 3.63) is 21.6 Å². The van der Waals surface area contributed by atoms with Gasteiger partial charge in [0.2, 0.25) is 0 Å². The maximum absolute atomic E-state index is 12.2. The van der Waals surface area contributed by atoms with Gasteiger partial charge in [0, 0.05) is 17.3 Å². The summed E-state index contributed by atoms with van der Waals surface area (Å²) < 4.78 is 1.82. The van der Waals surface area contributed by atoms with Crippen molar-refractivity contribution >= 4 is 11.4 Å². The zero-order valence-corrected chi connectivity index (χ0v) is 10.6. The Kier molecular flexibility index (Phi) is 3.13. The molecular weight excluding hydrogens is 214 g/mol. The summed E-state index contributed by atoms with van der Waals surface area (Å²) in [5.41, 5.74) is 14.4. The predicted octanol–water partition coefficient (Wildman–Crippen LogP) is 2.13. The lowest BCUT2D eigenvalue weighted by Gasteiger charge is -2.27. The van der Waals surface area contributed by atoms with Gasteiger partial charge in [-0.25, -0.2) is 0 Å². The Morgan fingerprint density at radius 2 is 1.65 bits per heavy atom. The van der Waals surface area contributed by atoms with Gasteiger partial charge < -0.3 is 16.0 Å². The van der Waals surface area contributed by atoms with Crippen molar-refractivity contribution in [1.29, 1.82) is 0 Å². The topological polar surface area (TPSA) is 74.0 Å². The van der Waals surface area contributed by atoms with Gasteiger partial charge in [0.15, 0.2) is 0 Å². The first kappa shape index (κ1) is 12.0. The summed E-state index contributed by atoms with van der Waals surface area (Å²) in [6.07, 6.45) is 5.75. The third-order valence-corrected chi connectivity index (χ3v) is 3.95. The Morgan fingerprint density at radius 3 is 2.24 bits per heavy atom. The van der Waals surface area contributed by atoms with Gasteiger partial charge in [0.25, 0.3) is 5.56 Å². The Labute approximate surface area is 102 Å². The fraction of sp³-hybridized carbons (Fsp3) is 0.615. The molecule has 0 aromatic carbocycles. The van der Waals surface area contributed by atoms with E-state index in [1.165, 1.54) is 19.3 Å². The van der Waals surface area contributed by atoms with Gasteiger partial charge in [-0.05, 0) is 26.7 Å². The molecule has 0 spiro atoms. The van der Waals surface area contributed by atoms with Crippen LogP contribution in [0.25, 0.3) is 0 Å². The first-order valence-corrected chi connectivity index (χ1v) is 6.30. The highest BCUT2D eigenvalue weighted by molar-refractivity contribution is 5.61. The van der Waals surface area contributed by atoms with Gasteiger partial charge in [0.05, 0.1) is 5.69 Å². The highest BCUT2D eigenvalue weighted by Crippen LogP contribution is 2.30. The molecule has 1 fully saturated rings. The van der Waals surface area contributed by atoms with E-state index in [1.54, 1.807) is 0 Å². The third kappa shape index (κ3) is 1.92. The number of nitrogens with two attached hydrogens (primary N) is 2. The minimum atomic E-state index is -0.0684. The van der Waals surface area contributed by atoms with E-state index >= 15 is 0 Å². The first-order valence-electron chi connectivity index (χ1n) is 6.30. The third-order valence-electron chi connectivity index (χ3n) is 3.95. The van der Waals surface area contributed by atoms with Crippen LogP contribution < -0.4 is 17.0 Å². The molecule has 1 aromatic heterocycles. The van der Waals surface area contributed by atoms with Gasteiger partial charge in [0.1, 0.15) is 5.69 Å². The minimum Gasteiger partial charge on any atom is -0.397 e. The van der Waals surface area contributed by atoms with Crippen LogP contribution in [0.4, 0.5) is 11.4 Å². The molecule has 4 N–H and O–H groups in total. The van der Waals surface area contributed by atoms with Crippen LogP contribution in [0.5, 0.6) is 0 Å². The van der Waals surface area contributed by atoms with Crippen LogP contribution in [0.1, 0.15) is 49.4 Å². The van der Waals surface area contributed by atoms with Crippen molar-refractivity contribution in [3.63, 3.8) is 0 Å². The first-order chi connectivity index (χ1) is 8.04. The number of rotatable bonds is 1. The van der Waals surface area contributed by atoms with E-state index in [9.17, 15) is 4.79 Å². The quantitative estimate of drug-likeness (QED) is 0.783. The lowest BCUT2D eigenvalue weighted by atomic mass is 9.94. The van der Waals surface area contributed by atoms with E-state index in [0.717, 1.165) is 24.1 Å². The molecule has 0 bridgehead atoms. The van der Waals surface area contributed by atoms with Crippen LogP contribution in [-0.4, -0.2) is 4.57 Å². The molecular formula is C13H21N3O. The van der Waals surface area contributed by atoms with Crippen LogP contribution in [-0.2, 0) is 0 Å². The van der Waals surface area contributed by atoms with Crippen LogP contribution in [0.15, 0.2) is 4.79 Å². The van der Waals surface area contributed by atoms with E-state index in [-0.39, 0.29) is 11.6 Å². The molecule has 1 heterocycles. The lowest BCUT2D eigenvalue weighted by molar-refractivity contribution is 0.342. The van der Waals surface area contributed by atoms with E-state index in [0.29, 0.717) is 11.4 Å². The monoisotopic (exact) mass is 235 g/mol. The molecule has 17 heavy (non-hydrogen) atoms. The second-order valence-electron chi connectivity index (χ2n) is 5.00. The average Bonchev–Trinajstić information content (AvgIpc) is 2.36. The van der Waals surface area contributed by atoms with E-state index in [4.69, 9.17) is 11.5 Å². The highest BCUT2D eigenvalue weighted by Gasteiger charge is 2.21. The van der Waals surface area contributed by atoms with Gasteiger partial charge in [-0.15, -0.1) is 0 Å². The molecule has 0 amide bonds. The molecule has 0 radical (unpaired) electrons. The Bertz CT molecular complexity index is 484. The van der Waals surface area contributed by atoms with Crippen molar-refractivity contribution in [2.75, 3.05) is 11.5 Å². The summed E-state index contributed by atoms with van der Waals surface area (Å²) in [6, 6.07) is 0.279. The van der Waals surface area contributed by atoms with Crippen molar-refractivity contribution in [1.82, 2.24) is 4.57 Å². The molecule has 1 saturated carbocycles. The van der Waals surface area contributed by atoms with Gasteiger partial charge >= 0.3 is 0 Å². The SMILES string of the molecule is Cc1c(N)c(C)n(C2CCCCC2)c(=O)c1N. The van der Waals surface area contributed by atoms with E-state index in [1.807, 2.05) is 18.4 Å². The minimum absolute atomic E-state index is 0.0684. The summed E-state index contributed by atoms with van der Waals surface area (Å²) in [4.78, 5) is 12.2. The smallest absolute Gasteiger partial charge is 0.274 e. The number of hydrogen-bond acceptors (Lipinski definition) is 3. The van der Waals surface area contributed by atoms with Gasteiger partial charge in [-0.3, -0.25) is 4.79 Å². The van der Waals surface area contributed by atoms with E-state index < -0.39 is 0 Å². The number of pyridine rings is 1. The number of hydrogen-bond donors (Lipinski definition) is 2. The van der Waals surface area contributed by atoms with Crippen molar-refractivity contribution in [2.45, 2.75) is 52.0 Å². The molecule has 1 aromatic rings. The standard InChI is InChI=1S/C13H21N3O/c1-8-11(14)9(2)16(13(17)12(8)15)10-6-4-3-5-7-10/h10H,3-7,14-15H2,1-2H3. The Balaban J connectivity index is 2.56. The molecule has 4 heteroatoms. The fourth-order valence-electron chi connectivity index (χ4n) is 2.77. The molecule has 2 rings (SSSR count). The molecule has 0 atom stereocenters. The van der Waals surface area contributed by atoms with Gasteiger partial charge in [-0.1, -0.05) is 19.3 Å². The van der Waals surface area contributed by atoms with Crippen LogP contribution >= 0.6 is 0 Å². The summed E-state index contributed by atoms with van der Waals surface area (Å²) in [5, 5.41) is 0. The van der Waals surface area contributed by atoms with Crippen molar-refractivity contribution in [3.8, 4) is 0 Å². The van der Waals surface area contributed by atoms with Crippen molar-refractivity contribution in [2.24, 2.45) is 0 Å². The maximum Gasteiger partial charge on any atom is 0.274 e. The second kappa shape index (κ2) is 4.43. The Morgan fingerprint density at radius 1 is 1.06 bits per heavy atom. The maximum atomic E-state index is 12.2. The number of nitrogens with zero attached hydrogens (tertiary/aromatic N) is 1. The molecule has 0 unspecified atom stereocenters. The second-order valence-corrected chi connectivity index (χ2v) is 5.00. The number of nitrogen functional groups attached to an aromatic ring is 2. The van der Waals surface area contributed by atoms with Crippen LogP contribution in [0.3, 0.4) is 0 Å².